The van der Waals surface area contributed by atoms with Crippen molar-refractivity contribution in [1.29, 1.82) is 0 Å². The maximum Gasteiger partial charge on any atom is 0.221 e. The molecule has 2 aromatic carbocycles. The van der Waals surface area contributed by atoms with Gasteiger partial charge in [-0.2, -0.15) is 5.10 Å². The molecule has 1 unspecified atom stereocenters. The van der Waals surface area contributed by atoms with Gasteiger partial charge in [-0.1, -0.05) is 42.5 Å². The van der Waals surface area contributed by atoms with E-state index in [1.807, 2.05) is 18.2 Å². The number of hydrogen-bond donors (Lipinski definition) is 2. The number of H-pyrrole nitrogens is 1. The first-order chi connectivity index (χ1) is 13.0. The van der Waals surface area contributed by atoms with Gasteiger partial charge in [0.1, 0.15) is 0 Å². The topological polar surface area (TPSA) is 61.0 Å². The summed E-state index contributed by atoms with van der Waals surface area (Å²) < 4.78 is 0. The Morgan fingerprint density at radius 1 is 1.15 bits per heavy atom. The maximum absolute atomic E-state index is 11.6. The number of carbonyl (C=O) groups is 1. The number of fused-ring (bicyclic) bond motifs is 1. The van der Waals surface area contributed by atoms with Crippen LogP contribution in [0.3, 0.4) is 0 Å². The molecule has 0 saturated heterocycles. The highest BCUT2D eigenvalue weighted by molar-refractivity contribution is 5.94. The van der Waals surface area contributed by atoms with Gasteiger partial charge in [0, 0.05) is 37.2 Å². The third-order valence-corrected chi connectivity index (χ3v) is 5.33. The van der Waals surface area contributed by atoms with Crippen LogP contribution in [0.2, 0.25) is 0 Å². The van der Waals surface area contributed by atoms with Gasteiger partial charge in [-0.15, -0.1) is 0 Å². The Labute approximate surface area is 159 Å². The first kappa shape index (κ1) is 17.5. The van der Waals surface area contributed by atoms with Gasteiger partial charge in [0.25, 0.3) is 0 Å². The second-order valence-electron chi connectivity index (χ2n) is 7.19. The number of rotatable bonds is 4. The molecule has 0 radical (unpaired) electrons. The quantitative estimate of drug-likeness (QED) is 0.724. The molecule has 2 heterocycles. The van der Waals surface area contributed by atoms with Gasteiger partial charge < -0.3 is 5.32 Å². The minimum absolute atomic E-state index is 0.0719. The lowest BCUT2D eigenvalue weighted by Gasteiger charge is -2.24. The lowest BCUT2D eigenvalue weighted by molar-refractivity contribution is -0.114. The van der Waals surface area contributed by atoms with Crippen LogP contribution >= 0.6 is 0 Å². The zero-order valence-electron chi connectivity index (χ0n) is 15.9. The van der Waals surface area contributed by atoms with Crippen molar-refractivity contribution < 1.29 is 4.79 Å². The molecule has 4 rings (SSSR count). The minimum atomic E-state index is -0.0719. The average molecular weight is 360 g/mol. The number of nitrogens with zero attached hydrogens (tertiary/aromatic N) is 2. The van der Waals surface area contributed by atoms with E-state index in [0.717, 1.165) is 41.3 Å². The summed E-state index contributed by atoms with van der Waals surface area (Å²) in [6, 6.07) is 16.8. The third-order valence-electron chi connectivity index (χ3n) is 5.33. The first-order valence-corrected chi connectivity index (χ1v) is 9.27. The van der Waals surface area contributed by atoms with Crippen LogP contribution in [0.4, 0.5) is 5.69 Å². The summed E-state index contributed by atoms with van der Waals surface area (Å²) in [4.78, 5) is 14.1. The average Bonchev–Trinajstić information content (AvgIpc) is 3.23. The number of anilines is 1. The molecule has 0 spiro atoms. The van der Waals surface area contributed by atoms with E-state index in [1.54, 1.807) is 0 Å². The first-order valence-electron chi connectivity index (χ1n) is 9.27. The summed E-state index contributed by atoms with van der Waals surface area (Å²) in [5.74, 6) is -0.0719. The summed E-state index contributed by atoms with van der Waals surface area (Å²) in [5, 5.41) is 10.8. The van der Waals surface area contributed by atoms with Crippen LogP contribution in [0, 0.1) is 6.92 Å². The molecule has 27 heavy (non-hydrogen) atoms. The van der Waals surface area contributed by atoms with Gasteiger partial charge >= 0.3 is 0 Å². The molecule has 5 heteroatoms. The van der Waals surface area contributed by atoms with Crippen molar-refractivity contribution in [3.05, 3.63) is 70.9 Å². The van der Waals surface area contributed by atoms with Gasteiger partial charge in [0.15, 0.2) is 0 Å². The fourth-order valence-corrected chi connectivity index (χ4v) is 3.87. The zero-order chi connectivity index (χ0) is 19.0. The normalized spacial score (nSPS) is 14.8. The fourth-order valence-electron chi connectivity index (χ4n) is 3.87. The van der Waals surface area contributed by atoms with Gasteiger partial charge in [0.2, 0.25) is 5.91 Å². The van der Waals surface area contributed by atoms with E-state index in [9.17, 15) is 4.79 Å². The van der Waals surface area contributed by atoms with E-state index in [-0.39, 0.29) is 5.91 Å². The summed E-state index contributed by atoms with van der Waals surface area (Å²) in [6.07, 6.45) is 0. The minimum Gasteiger partial charge on any atom is -0.326 e. The molecule has 0 bridgehead atoms. The monoisotopic (exact) mass is 360 g/mol. The van der Waals surface area contributed by atoms with Crippen molar-refractivity contribution in [2.75, 3.05) is 5.32 Å². The molecule has 0 saturated carbocycles. The molecule has 2 N–H and O–H groups in total. The highest BCUT2D eigenvalue weighted by Gasteiger charge is 2.30. The lowest BCUT2D eigenvalue weighted by Crippen LogP contribution is -2.21. The van der Waals surface area contributed by atoms with Crippen LogP contribution in [-0.4, -0.2) is 21.0 Å². The number of aromatic amines is 1. The Hall–Kier alpha value is -2.92. The number of aromatic nitrogens is 2. The molecule has 1 atom stereocenters. The smallest absolute Gasteiger partial charge is 0.221 e. The molecule has 3 aromatic rings. The van der Waals surface area contributed by atoms with E-state index in [2.05, 4.69) is 64.6 Å². The molecule has 0 fully saturated rings. The SMILES string of the molecule is CC(=O)Nc1cccc(C)c1-c1[nH]nc2c1CN(C(C)c1ccccc1)C2. The van der Waals surface area contributed by atoms with Gasteiger partial charge in [0.05, 0.1) is 17.1 Å². The van der Waals surface area contributed by atoms with Gasteiger partial charge in [-0.3, -0.25) is 14.8 Å². The largest absolute Gasteiger partial charge is 0.326 e. The summed E-state index contributed by atoms with van der Waals surface area (Å²) in [5.41, 5.74) is 7.59. The van der Waals surface area contributed by atoms with Crippen molar-refractivity contribution in [3.63, 3.8) is 0 Å². The molecular weight excluding hydrogens is 336 g/mol. The number of nitrogens with one attached hydrogen (secondary N) is 2. The zero-order valence-corrected chi connectivity index (χ0v) is 15.9. The highest BCUT2D eigenvalue weighted by atomic mass is 16.1. The van der Waals surface area contributed by atoms with E-state index in [4.69, 9.17) is 0 Å². The second kappa shape index (κ2) is 7.00. The number of carbonyl (C=O) groups excluding carboxylic acids is 1. The number of amides is 1. The summed E-state index contributed by atoms with van der Waals surface area (Å²) in [7, 11) is 0. The third kappa shape index (κ3) is 3.26. The second-order valence-corrected chi connectivity index (χ2v) is 7.19. The van der Waals surface area contributed by atoms with Crippen LogP contribution in [-0.2, 0) is 17.9 Å². The summed E-state index contributed by atoms with van der Waals surface area (Å²) in [6.45, 7) is 7.50. The fraction of sp³-hybridized carbons (Fsp3) is 0.273. The molecule has 0 aliphatic carbocycles. The van der Waals surface area contributed by atoms with Crippen LogP contribution in [0.1, 0.15) is 42.3 Å². The Balaban J connectivity index is 1.67. The molecule has 5 nitrogen and oxygen atoms in total. The predicted octanol–water partition coefficient (Wildman–Crippen LogP) is 4.42. The molecule has 1 aliphatic heterocycles. The van der Waals surface area contributed by atoms with Crippen LogP contribution in [0.25, 0.3) is 11.3 Å². The predicted molar refractivity (Wildman–Crippen MR) is 107 cm³/mol. The van der Waals surface area contributed by atoms with Gasteiger partial charge in [-0.25, -0.2) is 0 Å². The van der Waals surface area contributed by atoms with Crippen LogP contribution in [0.5, 0.6) is 0 Å². The molecule has 1 amide bonds. The number of aryl methyl sites for hydroxylation is 1. The number of hydrogen-bond acceptors (Lipinski definition) is 3. The van der Waals surface area contributed by atoms with Crippen molar-refractivity contribution in [3.8, 4) is 11.3 Å². The van der Waals surface area contributed by atoms with E-state index in [1.165, 1.54) is 18.1 Å². The van der Waals surface area contributed by atoms with E-state index < -0.39 is 0 Å². The van der Waals surface area contributed by atoms with E-state index >= 15 is 0 Å². The maximum atomic E-state index is 11.6. The van der Waals surface area contributed by atoms with Crippen molar-refractivity contribution >= 4 is 11.6 Å². The molecule has 1 aliphatic rings. The Bertz CT molecular complexity index is 977. The molecule has 1 aromatic heterocycles. The number of benzene rings is 2. The van der Waals surface area contributed by atoms with Crippen molar-refractivity contribution in [2.24, 2.45) is 0 Å². The summed E-state index contributed by atoms with van der Waals surface area (Å²) >= 11 is 0. The standard InChI is InChI=1S/C22H24N4O/c1-14-8-7-11-19(23-16(3)27)21(14)22-18-12-26(13-20(18)24-25-22)15(2)17-9-5-4-6-10-17/h4-11,15H,12-13H2,1-3H3,(H,23,27)(H,24,25). The molecule has 138 valence electrons. The van der Waals surface area contributed by atoms with Crippen LogP contribution < -0.4 is 5.32 Å². The van der Waals surface area contributed by atoms with Crippen molar-refractivity contribution in [1.82, 2.24) is 15.1 Å². The lowest BCUT2D eigenvalue weighted by atomic mass is 9.99. The Morgan fingerprint density at radius 3 is 2.67 bits per heavy atom. The van der Waals surface area contributed by atoms with Gasteiger partial charge in [-0.05, 0) is 31.0 Å². The Morgan fingerprint density at radius 2 is 1.93 bits per heavy atom. The molecular formula is C22H24N4O. The van der Waals surface area contributed by atoms with Crippen molar-refractivity contribution in [2.45, 2.75) is 39.9 Å². The van der Waals surface area contributed by atoms with Crippen LogP contribution in [0.15, 0.2) is 48.5 Å². The highest BCUT2D eigenvalue weighted by Crippen LogP contribution is 2.39. The Kier molecular flexibility index (Phi) is 4.54. The van der Waals surface area contributed by atoms with E-state index in [0.29, 0.717) is 6.04 Å².